The Morgan fingerprint density at radius 1 is 1.00 bits per heavy atom. The van der Waals surface area contributed by atoms with Crippen molar-refractivity contribution in [2.75, 3.05) is 40.0 Å². The molecule has 0 unspecified atom stereocenters. The normalized spacial score (nSPS) is 10.6. The number of methoxy groups -OCH3 is 1. The Balaban J connectivity index is 1.65. The first-order valence-electron chi connectivity index (χ1n) is 11.7. The van der Waals surface area contributed by atoms with Crippen LogP contribution in [0.15, 0.2) is 85.6 Å². The van der Waals surface area contributed by atoms with E-state index in [0.717, 1.165) is 5.69 Å². The number of rotatable bonds is 14. The lowest BCUT2D eigenvalue weighted by molar-refractivity contribution is -0.141. The zero-order valence-corrected chi connectivity index (χ0v) is 21.3. The van der Waals surface area contributed by atoms with Crippen LogP contribution in [0.3, 0.4) is 0 Å². The molecule has 0 radical (unpaired) electrons. The number of aromatic nitrogens is 1. The van der Waals surface area contributed by atoms with Gasteiger partial charge in [-0.15, -0.1) is 6.58 Å². The van der Waals surface area contributed by atoms with Gasteiger partial charge in [-0.25, -0.2) is 0 Å². The van der Waals surface area contributed by atoms with E-state index in [1.165, 1.54) is 10.5 Å². The first-order chi connectivity index (χ1) is 17.5. The van der Waals surface area contributed by atoms with E-state index >= 15 is 0 Å². The number of halogens is 1. The maximum Gasteiger partial charge on any atom is 0.261 e. The highest BCUT2D eigenvalue weighted by Gasteiger charge is 2.22. The second kappa shape index (κ2) is 14.1. The Kier molecular flexibility index (Phi) is 10.6. The number of hydrogen-bond acceptors (Lipinski definition) is 4. The molecule has 0 atom stereocenters. The Morgan fingerprint density at radius 2 is 1.75 bits per heavy atom. The number of carbonyl (C=O) groups excluding carboxylic acids is 2. The molecule has 2 amide bonds. The number of benzene rings is 2. The summed E-state index contributed by atoms with van der Waals surface area (Å²) in [4.78, 5) is 29.3. The molecule has 1 heterocycles. The molecule has 0 aliphatic carbocycles. The second-order valence-corrected chi connectivity index (χ2v) is 8.66. The summed E-state index contributed by atoms with van der Waals surface area (Å²) in [6.45, 7) is 5.59. The molecule has 1 aromatic heterocycles. The van der Waals surface area contributed by atoms with Crippen molar-refractivity contribution in [3.8, 4) is 5.75 Å². The molecule has 3 rings (SSSR count). The molecule has 0 N–H and O–H groups in total. The van der Waals surface area contributed by atoms with Gasteiger partial charge in [-0.3, -0.25) is 9.59 Å². The number of hydrogen-bond donors (Lipinski definition) is 0. The van der Waals surface area contributed by atoms with Crippen LogP contribution in [0.25, 0.3) is 0 Å². The zero-order chi connectivity index (χ0) is 25.8. The fourth-order valence-corrected chi connectivity index (χ4v) is 3.78. The van der Waals surface area contributed by atoms with Crippen LogP contribution in [0.4, 0.5) is 0 Å². The van der Waals surface area contributed by atoms with E-state index in [1.54, 1.807) is 42.4 Å². The average molecular weight is 510 g/mol. The largest absolute Gasteiger partial charge is 0.484 e. The Labute approximate surface area is 217 Å². The van der Waals surface area contributed by atoms with Gasteiger partial charge in [-0.05, 0) is 42.0 Å². The third-order valence-electron chi connectivity index (χ3n) is 5.59. The van der Waals surface area contributed by atoms with Gasteiger partial charge in [0, 0.05) is 43.7 Å². The standard InChI is InChI=1S/C28H32ClN3O4/c1-3-15-31(28(34)22-36-26-13-11-24(29)12-14-26)21-27(33)32(17-18-35-2)20-25-10-7-16-30(25)19-23-8-5-4-6-9-23/h3-14,16H,1,15,17-22H2,2H3. The lowest BCUT2D eigenvalue weighted by Crippen LogP contribution is -2.45. The minimum atomic E-state index is -0.308. The van der Waals surface area contributed by atoms with Crippen LogP contribution in [0, 0.1) is 0 Å². The molecular weight excluding hydrogens is 478 g/mol. The molecule has 2 aromatic carbocycles. The average Bonchev–Trinajstić information content (AvgIpc) is 3.32. The number of nitrogens with zero attached hydrogens (tertiary/aromatic N) is 3. The fourth-order valence-electron chi connectivity index (χ4n) is 3.66. The van der Waals surface area contributed by atoms with Crippen molar-refractivity contribution in [2.45, 2.75) is 13.1 Å². The molecule has 8 heteroatoms. The van der Waals surface area contributed by atoms with E-state index in [0.29, 0.717) is 37.0 Å². The van der Waals surface area contributed by atoms with E-state index in [-0.39, 0.29) is 31.5 Å². The van der Waals surface area contributed by atoms with Crippen LogP contribution in [0.5, 0.6) is 5.75 Å². The third kappa shape index (κ3) is 8.29. The lowest BCUT2D eigenvalue weighted by Gasteiger charge is -2.27. The van der Waals surface area contributed by atoms with E-state index in [1.807, 2.05) is 36.5 Å². The summed E-state index contributed by atoms with van der Waals surface area (Å²) in [5, 5.41) is 0.582. The van der Waals surface area contributed by atoms with Crippen molar-refractivity contribution in [1.82, 2.24) is 14.4 Å². The van der Waals surface area contributed by atoms with Gasteiger partial charge in [0.05, 0.1) is 13.2 Å². The Hall–Kier alpha value is -3.55. The molecule has 0 saturated heterocycles. The van der Waals surface area contributed by atoms with Crippen molar-refractivity contribution in [2.24, 2.45) is 0 Å². The van der Waals surface area contributed by atoms with Gasteiger partial charge in [0.1, 0.15) is 12.3 Å². The van der Waals surface area contributed by atoms with E-state index in [9.17, 15) is 9.59 Å². The van der Waals surface area contributed by atoms with Crippen molar-refractivity contribution in [3.63, 3.8) is 0 Å². The summed E-state index contributed by atoms with van der Waals surface area (Å²) in [5.74, 6) is 0.0390. The van der Waals surface area contributed by atoms with Crippen LogP contribution in [0.2, 0.25) is 5.02 Å². The first kappa shape index (κ1) is 27.0. The molecule has 0 saturated carbocycles. The quantitative estimate of drug-likeness (QED) is 0.305. The van der Waals surface area contributed by atoms with Crippen LogP contribution >= 0.6 is 11.6 Å². The molecule has 0 aliphatic heterocycles. The minimum Gasteiger partial charge on any atom is -0.484 e. The highest BCUT2D eigenvalue weighted by atomic mass is 35.5. The van der Waals surface area contributed by atoms with Gasteiger partial charge in [-0.2, -0.15) is 0 Å². The summed E-state index contributed by atoms with van der Waals surface area (Å²) in [6.07, 6.45) is 3.60. The second-order valence-electron chi connectivity index (χ2n) is 8.23. The monoisotopic (exact) mass is 509 g/mol. The van der Waals surface area contributed by atoms with Gasteiger partial charge in [-0.1, -0.05) is 48.0 Å². The van der Waals surface area contributed by atoms with Gasteiger partial charge in [0.2, 0.25) is 5.91 Å². The molecule has 0 fully saturated rings. The summed E-state index contributed by atoms with van der Waals surface area (Å²) >= 11 is 5.90. The molecule has 0 spiro atoms. The van der Waals surface area contributed by atoms with Gasteiger partial charge in [0.15, 0.2) is 6.61 Å². The van der Waals surface area contributed by atoms with E-state index < -0.39 is 0 Å². The lowest BCUT2D eigenvalue weighted by atomic mass is 10.2. The van der Waals surface area contributed by atoms with Crippen LogP contribution in [-0.4, -0.2) is 66.1 Å². The van der Waals surface area contributed by atoms with Gasteiger partial charge in [0.25, 0.3) is 5.91 Å². The van der Waals surface area contributed by atoms with Crippen LogP contribution < -0.4 is 4.74 Å². The van der Waals surface area contributed by atoms with E-state index in [4.69, 9.17) is 21.1 Å². The van der Waals surface area contributed by atoms with Crippen molar-refractivity contribution < 1.29 is 19.1 Å². The predicted molar refractivity (Wildman–Crippen MR) is 141 cm³/mol. The SMILES string of the molecule is C=CCN(CC(=O)N(CCOC)Cc1cccn1Cc1ccccc1)C(=O)COc1ccc(Cl)cc1. The summed E-state index contributed by atoms with van der Waals surface area (Å²) < 4.78 is 12.9. The first-order valence-corrected chi connectivity index (χ1v) is 12.1. The Morgan fingerprint density at radius 3 is 2.44 bits per heavy atom. The smallest absolute Gasteiger partial charge is 0.261 e. The molecular formula is C28H32ClN3O4. The molecule has 7 nitrogen and oxygen atoms in total. The van der Waals surface area contributed by atoms with Crippen molar-refractivity contribution in [1.29, 1.82) is 0 Å². The topological polar surface area (TPSA) is 64.0 Å². The third-order valence-corrected chi connectivity index (χ3v) is 5.85. The molecule has 3 aromatic rings. The fraction of sp³-hybridized carbons (Fsp3) is 0.286. The highest BCUT2D eigenvalue weighted by Crippen LogP contribution is 2.16. The minimum absolute atomic E-state index is 0.0854. The van der Waals surface area contributed by atoms with Crippen molar-refractivity contribution in [3.05, 3.63) is 102 Å². The number of carbonyl (C=O) groups is 2. The maximum atomic E-state index is 13.3. The Bertz CT molecular complexity index is 1120. The summed E-state index contributed by atoms with van der Waals surface area (Å²) in [6, 6.07) is 20.9. The molecule has 0 aliphatic rings. The molecule has 0 bridgehead atoms. The molecule has 36 heavy (non-hydrogen) atoms. The van der Waals surface area contributed by atoms with Gasteiger partial charge >= 0.3 is 0 Å². The predicted octanol–water partition coefficient (Wildman–Crippen LogP) is 4.26. The summed E-state index contributed by atoms with van der Waals surface area (Å²) in [7, 11) is 1.60. The number of ether oxygens (including phenoxy) is 2. The highest BCUT2D eigenvalue weighted by molar-refractivity contribution is 6.30. The number of amides is 2. The summed E-state index contributed by atoms with van der Waals surface area (Å²) in [5.41, 5.74) is 2.17. The zero-order valence-electron chi connectivity index (χ0n) is 20.5. The van der Waals surface area contributed by atoms with Gasteiger partial charge < -0.3 is 23.8 Å². The molecule has 190 valence electrons. The van der Waals surface area contributed by atoms with E-state index in [2.05, 4.69) is 23.3 Å². The van der Waals surface area contributed by atoms with Crippen LogP contribution in [-0.2, 0) is 27.4 Å². The van der Waals surface area contributed by atoms with Crippen molar-refractivity contribution >= 4 is 23.4 Å². The maximum absolute atomic E-state index is 13.3. The van der Waals surface area contributed by atoms with Crippen LogP contribution in [0.1, 0.15) is 11.3 Å².